The number of hydrogen-bond donors (Lipinski definition) is 0. The molecule has 0 heterocycles. The quantitative estimate of drug-likeness (QED) is 0.431. The largest absolute Gasteiger partial charge is 3.00 e. The number of benzene rings is 2. The molecule has 2 aromatic rings. The van der Waals surface area contributed by atoms with Crippen LogP contribution >= 0.6 is 0 Å². The van der Waals surface area contributed by atoms with Gasteiger partial charge in [0.1, 0.15) is 0 Å². The average molecular weight is 462 g/mol. The monoisotopic (exact) mass is 459 g/mol. The number of halogens is 2. The van der Waals surface area contributed by atoms with Crippen molar-refractivity contribution in [1.29, 1.82) is 0 Å². The fraction of sp³-hybridized carbons (Fsp3) is 0.261. The predicted molar refractivity (Wildman–Crippen MR) is 99.2 cm³/mol. The Morgan fingerprint density at radius 1 is 0.654 bits per heavy atom. The van der Waals surface area contributed by atoms with Crippen LogP contribution in [0, 0.1) is 6.42 Å². The zero-order valence-electron chi connectivity index (χ0n) is 14.7. The van der Waals surface area contributed by atoms with Crippen LogP contribution in [0.2, 0.25) is 0 Å². The van der Waals surface area contributed by atoms with Gasteiger partial charge in [-0.25, -0.2) is 0 Å². The van der Waals surface area contributed by atoms with E-state index in [2.05, 4.69) is 79.3 Å². The molecule has 0 fully saturated rings. The van der Waals surface area contributed by atoms with Crippen LogP contribution in [0.1, 0.15) is 59.8 Å². The van der Waals surface area contributed by atoms with E-state index in [1.54, 1.807) is 0 Å². The Balaban J connectivity index is 0.00000113. The molecule has 0 N–H and O–H groups in total. The SMILES string of the molecule is C1=CC(CC[CH-]CCC2C=Cc3ccccc32)c2ccccc21.[Cl-].[Cl-].[Zr+3]. The molecule has 4 rings (SSSR count). The number of hydrogen-bond acceptors (Lipinski definition) is 0. The molecule has 1 radical (unpaired) electrons. The van der Waals surface area contributed by atoms with E-state index in [-0.39, 0.29) is 51.0 Å². The molecule has 0 aromatic heterocycles. The maximum absolute atomic E-state index is 2.49. The Morgan fingerprint density at radius 2 is 1.08 bits per heavy atom. The van der Waals surface area contributed by atoms with Crippen molar-refractivity contribution in [1.82, 2.24) is 0 Å². The average Bonchev–Trinajstić information content (AvgIpc) is 3.19. The van der Waals surface area contributed by atoms with Gasteiger partial charge in [0.2, 0.25) is 0 Å². The van der Waals surface area contributed by atoms with E-state index in [1.807, 2.05) is 0 Å². The van der Waals surface area contributed by atoms with Crippen molar-refractivity contribution in [3.8, 4) is 0 Å². The standard InChI is InChI=1S/C23H23.2ClH.Zr/c1(2-8-18-14-16-20-10-4-6-12-22(18)20)3-9-19-15-17-21-11-5-7-13-23(19)21;;;/h1,4-7,10-19H,2-3,8-9H2;2*1H;/q-1;;;+3/p-2. The summed E-state index contributed by atoms with van der Waals surface area (Å²) >= 11 is 0. The van der Waals surface area contributed by atoms with Gasteiger partial charge < -0.3 is 31.2 Å². The summed E-state index contributed by atoms with van der Waals surface area (Å²) in [5, 5.41) is 0. The minimum absolute atomic E-state index is 0. The van der Waals surface area contributed by atoms with Gasteiger partial charge in [0.15, 0.2) is 0 Å². The molecule has 0 aliphatic heterocycles. The maximum atomic E-state index is 2.49. The molecule has 2 aromatic carbocycles. The number of unbranched alkanes of at least 4 members (excludes halogenated alkanes) is 2. The predicted octanol–water partition coefficient (Wildman–Crippen LogP) is 0.378. The summed E-state index contributed by atoms with van der Waals surface area (Å²) in [6.45, 7) is 0. The number of fused-ring (bicyclic) bond motifs is 2. The summed E-state index contributed by atoms with van der Waals surface area (Å²) in [6, 6.07) is 17.6. The Morgan fingerprint density at radius 3 is 1.54 bits per heavy atom. The fourth-order valence-electron chi connectivity index (χ4n) is 3.89. The van der Waals surface area contributed by atoms with E-state index in [1.165, 1.54) is 47.9 Å². The van der Waals surface area contributed by atoms with Crippen LogP contribution in [0.4, 0.5) is 0 Å². The molecule has 3 heteroatoms. The molecule has 133 valence electrons. The zero-order chi connectivity index (χ0) is 15.5. The summed E-state index contributed by atoms with van der Waals surface area (Å²) < 4.78 is 0. The van der Waals surface area contributed by atoms with Crippen molar-refractivity contribution < 1.29 is 51.0 Å². The second kappa shape index (κ2) is 11.3. The van der Waals surface area contributed by atoms with Crippen LogP contribution in [-0.4, -0.2) is 0 Å². The van der Waals surface area contributed by atoms with E-state index < -0.39 is 0 Å². The minimum atomic E-state index is 0. The van der Waals surface area contributed by atoms with Crippen molar-refractivity contribution >= 4 is 12.2 Å². The Hall–Kier alpha value is -0.617. The molecule has 0 saturated heterocycles. The third kappa shape index (κ3) is 5.22. The number of rotatable bonds is 6. The van der Waals surface area contributed by atoms with Crippen molar-refractivity contribution in [2.75, 3.05) is 0 Å². The maximum Gasteiger partial charge on any atom is 3.00 e. The molecule has 0 spiro atoms. The summed E-state index contributed by atoms with van der Waals surface area (Å²) in [7, 11) is 0. The van der Waals surface area contributed by atoms with Gasteiger partial charge in [0.05, 0.1) is 0 Å². The van der Waals surface area contributed by atoms with Gasteiger partial charge in [-0.15, -0.1) is 0 Å². The van der Waals surface area contributed by atoms with Crippen LogP contribution in [0.25, 0.3) is 12.2 Å². The first-order valence-electron chi connectivity index (χ1n) is 8.78. The van der Waals surface area contributed by atoms with Crippen LogP contribution in [0.5, 0.6) is 0 Å². The molecule has 26 heavy (non-hydrogen) atoms. The van der Waals surface area contributed by atoms with E-state index in [0.717, 1.165) is 0 Å². The van der Waals surface area contributed by atoms with Gasteiger partial charge in [-0.2, -0.15) is 12.8 Å². The van der Waals surface area contributed by atoms with Crippen molar-refractivity contribution in [3.05, 3.63) is 89.4 Å². The molecule has 2 unspecified atom stereocenters. The molecule has 2 aliphatic carbocycles. The van der Waals surface area contributed by atoms with Crippen molar-refractivity contribution in [2.24, 2.45) is 0 Å². The molecule has 2 atom stereocenters. The van der Waals surface area contributed by atoms with Gasteiger partial charge in [-0.3, -0.25) is 0 Å². The van der Waals surface area contributed by atoms with Gasteiger partial charge in [-0.1, -0.05) is 85.7 Å². The third-order valence-corrected chi connectivity index (χ3v) is 5.17. The molecular weight excluding hydrogens is 438 g/mol. The van der Waals surface area contributed by atoms with E-state index >= 15 is 0 Å². The molecule has 0 bridgehead atoms. The van der Waals surface area contributed by atoms with Crippen molar-refractivity contribution in [3.63, 3.8) is 0 Å². The van der Waals surface area contributed by atoms with Crippen LogP contribution < -0.4 is 24.8 Å². The fourth-order valence-corrected chi connectivity index (χ4v) is 3.89. The van der Waals surface area contributed by atoms with E-state index in [9.17, 15) is 0 Å². The molecule has 0 nitrogen and oxygen atoms in total. The summed E-state index contributed by atoms with van der Waals surface area (Å²) in [4.78, 5) is 0. The second-order valence-electron chi connectivity index (χ2n) is 6.63. The summed E-state index contributed by atoms with van der Waals surface area (Å²) in [6.07, 6.45) is 16.7. The summed E-state index contributed by atoms with van der Waals surface area (Å²) in [5.74, 6) is 1.24. The smallest absolute Gasteiger partial charge is 1.00 e. The summed E-state index contributed by atoms with van der Waals surface area (Å²) in [5.41, 5.74) is 5.83. The van der Waals surface area contributed by atoms with Gasteiger partial charge >= 0.3 is 26.2 Å². The van der Waals surface area contributed by atoms with Crippen molar-refractivity contribution in [2.45, 2.75) is 37.5 Å². The third-order valence-electron chi connectivity index (χ3n) is 5.17. The van der Waals surface area contributed by atoms with Gasteiger partial charge in [-0.05, 0) is 22.3 Å². The van der Waals surface area contributed by atoms with Crippen LogP contribution in [0.3, 0.4) is 0 Å². The first-order valence-corrected chi connectivity index (χ1v) is 8.78. The van der Waals surface area contributed by atoms with Gasteiger partial charge in [0, 0.05) is 11.8 Å². The Labute approximate surface area is 189 Å². The first-order chi connectivity index (χ1) is 11.4. The Kier molecular flexibility index (Phi) is 10.2. The molecule has 0 amide bonds. The van der Waals surface area contributed by atoms with E-state index in [0.29, 0.717) is 11.8 Å². The molecule has 0 saturated carbocycles. The second-order valence-corrected chi connectivity index (χ2v) is 6.63. The van der Waals surface area contributed by atoms with E-state index in [4.69, 9.17) is 0 Å². The molecular formula is C23H23Cl2Zr. The molecule has 2 aliphatic rings. The van der Waals surface area contributed by atoms with Gasteiger partial charge in [0.25, 0.3) is 0 Å². The minimum Gasteiger partial charge on any atom is -1.00 e. The Bertz CT molecular complexity index is 688. The van der Waals surface area contributed by atoms with Crippen LogP contribution in [-0.2, 0) is 26.2 Å². The first kappa shape index (κ1) is 23.4. The normalized spacial score (nSPS) is 18.3. The number of allylic oxidation sites excluding steroid dienone is 2. The topological polar surface area (TPSA) is 0 Å². The zero-order valence-corrected chi connectivity index (χ0v) is 18.7. The van der Waals surface area contributed by atoms with Crippen LogP contribution in [0.15, 0.2) is 60.7 Å².